The summed E-state index contributed by atoms with van der Waals surface area (Å²) in [7, 11) is 1.93. The van der Waals surface area contributed by atoms with E-state index in [1.807, 2.05) is 24.1 Å². The van der Waals surface area contributed by atoms with Crippen LogP contribution in [0.15, 0.2) is 54.9 Å². The van der Waals surface area contributed by atoms with E-state index in [-0.39, 0.29) is 6.04 Å². The molecule has 102 valence electrons. The molecule has 0 amide bonds. The van der Waals surface area contributed by atoms with Gasteiger partial charge < -0.3 is 5.73 Å². The zero-order valence-corrected chi connectivity index (χ0v) is 11.7. The minimum atomic E-state index is 0.125. The van der Waals surface area contributed by atoms with Gasteiger partial charge in [0.2, 0.25) is 0 Å². The molecular formula is C17H19N3. The molecule has 0 aliphatic carbocycles. The van der Waals surface area contributed by atoms with Gasteiger partial charge in [0.15, 0.2) is 0 Å². The summed E-state index contributed by atoms with van der Waals surface area (Å²) < 4.78 is 1.82. The van der Waals surface area contributed by atoms with Gasteiger partial charge in [-0.25, -0.2) is 0 Å². The average molecular weight is 265 g/mol. The number of hydrogen-bond donors (Lipinski definition) is 1. The number of nitrogens with two attached hydrogens (primary N) is 1. The molecule has 0 aliphatic rings. The molecule has 1 heterocycles. The predicted molar refractivity (Wildman–Crippen MR) is 82.5 cm³/mol. The molecule has 3 rings (SSSR count). The first-order valence-corrected chi connectivity index (χ1v) is 6.91. The molecule has 0 fully saturated rings. The van der Waals surface area contributed by atoms with Gasteiger partial charge in [-0.1, -0.05) is 42.5 Å². The van der Waals surface area contributed by atoms with Gasteiger partial charge in [-0.2, -0.15) is 5.10 Å². The Morgan fingerprint density at radius 1 is 1.05 bits per heavy atom. The number of aryl methyl sites for hydroxylation is 1. The minimum absolute atomic E-state index is 0.125. The summed E-state index contributed by atoms with van der Waals surface area (Å²) in [6.07, 6.45) is 5.67. The van der Waals surface area contributed by atoms with Crippen LogP contribution in [0.3, 0.4) is 0 Å². The second-order valence-electron chi connectivity index (χ2n) is 5.37. The SMILES string of the molecule is Cn1cc(CC(N)Cc2ccc3ccccc3c2)cn1. The molecule has 0 spiro atoms. The highest BCUT2D eigenvalue weighted by Crippen LogP contribution is 2.17. The van der Waals surface area contributed by atoms with Crippen molar-refractivity contribution in [2.24, 2.45) is 12.8 Å². The van der Waals surface area contributed by atoms with Gasteiger partial charge in [-0.05, 0) is 34.7 Å². The van der Waals surface area contributed by atoms with Crippen molar-refractivity contribution in [3.05, 3.63) is 66.0 Å². The van der Waals surface area contributed by atoms with Crippen LogP contribution in [-0.2, 0) is 19.9 Å². The highest BCUT2D eigenvalue weighted by atomic mass is 15.2. The Kier molecular flexibility index (Phi) is 3.52. The van der Waals surface area contributed by atoms with Crippen LogP contribution in [0.5, 0.6) is 0 Å². The fourth-order valence-corrected chi connectivity index (χ4v) is 2.62. The minimum Gasteiger partial charge on any atom is -0.327 e. The molecule has 1 atom stereocenters. The molecule has 0 saturated heterocycles. The van der Waals surface area contributed by atoms with Gasteiger partial charge >= 0.3 is 0 Å². The fraction of sp³-hybridized carbons (Fsp3) is 0.235. The maximum atomic E-state index is 6.25. The smallest absolute Gasteiger partial charge is 0.0522 e. The average Bonchev–Trinajstić information content (AvgIpc) is 2.83. The predicted octanol–water partition coefficient (Wildman–Crippen LogP) is 2.69. The summed E-state index contributed by atoms with van der Waals surface area (Å²) in [5.74, 6) is 0. The number of nitrogens with zero attached hydrogens (tertiary/aromatic N) is 2. The largest absolute Gasteiger partial charge is 0.327 e. The monoisotopic (exact) mass is 265 g/mol. The van der Waals surface area contributed by atoms with E-state index in [9.17, 15) is 0 Å². The molecule has 20 heavy (non-hydrogen) atoms. The summed E-state index contributed by atoms with van der Waals surface area (Å²) >= 11 is 0. The lowest BCUT2D eigenvalue weighted by Crippen LogP contribution is -2.25. The molecule has 1 unspecified atom stereocenters. The highest BCUT2D eigenvalue weighted by Gasteiger charge is 2.07. The molecule has 3 heteroatoms. The van der Waals surface area contributed by atoms with Crippen molar-refractivity contribution < 1.29 is 0 Å². The number of hydrogen-bond acceptors (Lipinski definition) is 2. The summed E-state index contributed by atoms with van der Waals surface area (Å²) in [6.45, 7) is 0. The molecule has 0 radical (unpaired) electrons. The fourth-order valence-electron chi connectivity index (χ4n) is 2.62. The molecule has 3 aromatic rings. The van der Waals surface area contributed by atoms with E-state index in [4.69, 9.17) is 5.73 Å². The standard InChI is InChI=1S/C17H19N3/c1-20-12-14(11-19-20)10-17(18)9-13-6-7-15-4-2-3-5-16(15)8-13/h2-8,11-12,17H,9-10,18H2,1H3. The molecule has 2 N–H and O–H groups in total. The maximum Gasteiger partial charge on any atom is 0.0522 e. The molecule has 3 nitrogen and oxygen atoms in total. The van der Waals surface area contributed by atoms with Crippen molar-refractivity contribution in [3.63, 3.8) is 0 Å². The van der Waals surface area contributed by atoms with Crippen LogP contribution in [0.4, 0.5) is 0 Å². The van der Waals surface area contributed by atoms with E-state index >= 15 is 0 Å². The van der Waals surface area contributed by atoms with Crippen LogP contribution in [-0.4, -0.2) is 15.8 Å². The number of benzene rings is 2. The van der Waals surface area contributed by atoms with Gasteiger partial charge in [0.25, 0.3) is 0 Å². The Bertz CT molecular complexity index is 715. The zero-order valence-electron chi connectivity index (χ0n) is 11.7. The lowest BCUT2D eigenvalue weighted by molar-refractivity contribution is 0.664. The molecule has 1 aromatic heterocycles. The van der Waals surface area contributed by atoms with Gasteiger partial charge in [0, 0.05) is 19.3 Å². The van der Waals surface area contributed by atoms with Crippen molar-refractivity contribution in [1.82, 2.24) is 9.78 Å². The number of rotatable bonds is 4. The van der Waals surface area contributed by atoms with Crippen molar-refractivity contribution in [2.45, 2.75) is 18.9 Å². The zero-order chi connectivity index (χ0) is 13.9. The Hall–Kier alpha value is -2.13. The van der Waals surface area contributed by atoms with Crippen LogP contribution in [0, 0.1) is 0 Å². The van der Waals surface area contributed by atoms with Gasteiger partial charge in [-0.15, -0.1) is 0 Å². The number of fused-ring (bicyclic) bond motifs is 1. The second-order valence-corrected chi connectivity index (χ2v) is 5.37. The first-order valence-electron chi connectivity index (χ1n) is 6.91. The highest BCUT2D eigenvalue weighted by molar-refractivity contribution is 5.82. The van der Waals surface area contributed by atoms with E-state index in [0.29, 0.717) is 0 Å². The van der Waals surface area contributed by atoms with E-state index in [2.05, 4.69) is 47.6 Å². The van der Waals surface area contributed by atoms with E-state index in [0.717, 1.165) is 12.8 Å². The first kappa shape index (κ1) is 12.9. The number of aromatic nitrogens is 2. The lowest BCUT2D eigenvalue weighted by atomic mass is 9.99. The Morgan fingerprint density at radius 3 is 2.55 bits per heavy atom. The normalized spacial score (nSPS) is 12.7. The quantitative estimate of drug-likeness (QED) is 0.788. The first-order chi connectivity index (χ1) is 9.70. The topological polar surface area (TPSA) is 43.8 Å². The van der Waals surface area contributed by atoms with E-state index in [1.54, 1.807) is 0 Å². The lowest BCUT2D eigenvalue weighted by Gasteiger charge is -2.11. The Balaban J connectivity index is 1.72. The summed E-state index contributed by atoms with van der Waals surface area (Å²) in [5, 5.41) is 6.73. The van der Waals surface area contributed by atoms with Crippen LogP contribution in [0.25, 0.3) is 10.8 Å². The third-order valence-corrected chi connectivity index (χ3v) is 3.57. The van der Waals surface area contributed by atoms with Crippen molar-refractivity contribution >= 4 is 10.8 Å². The van der Waals surface area contributed by atoms with Gasteiger partial charge in [0.1, 0.15) is 0 Å². The Labute approximate surface area is 119 Å². The van der Waals surface area contributed by atoms with Gasteiger partial charge in [-0.3, -0.25) is 4.68 Å². The summed E-state index contributed by atoms with van der Waals surface area (Å²) in [4.78, 5) is 0. The van der Waals surface area contributed by atoms with Crippen LogP contribution in [0.1, 0.15) is 11.1 Å². The molecule has 2 aromatic carbocycles. The summed E-state index contributed by atoms with van der Waals surface area (Å²) in [5.41, 5.74) is 8.74. The van der Waals surface area contributed by atoms with Crippen LogP contribution >= 0.6 is 0 Å². The van der Waals surface area contributed by atoms with Gasteiger partial charge in [0.05, 0.1) is 6.20 Å². The van der Waals surface area contributed by atoms with Crippen LogP contribution < -0.4 is 5.73 Å². The maximum absolute atomic E-state index is 6.25. The van der Waals surface area contributed by atoms with Crippen molar-refractivity contribution in [3.8, 4) is 0 Å². The summed E-state index contributed by atoms with van der Waals surface area (Å²) in [6, 6.07) is 15.1. The van der Waals surface area contributed by atoms with Crippen molar-refractivity contribution in [2.75, 3.05) is 0 Å². The van der Waals surface area contributed by atoms with Crippen LogP contribution in [0.2, 0.25) is 0 Å². The third kappa shape index (κ3) is 2.89. The molecule has 0 bridgehead atoms. The van der Waals surface area contributed by atoms with E-state index in [1.165, 1.54) is 21.9 Å². The van der Waals surface area contributed by atoms with E-state index < -0.39 is 0 Å². The molecular weight excluding hydrogens is 246 g/mol. The second kappa shape index (κ2) is 5.47. The molecule has 0 aliphatic heterocycles. The Morgan fingerprint density at radius 2 is 1.80 bits per heavy atom. The molecule has 0 saturated carbocycles. The third-order valence-electron chi connectivity index (χ3n) is 3.57. The van der Waals surface area contributed by atoms with Crippen molar-refractivity contribution in [1.29, 1.82) is 0 Å².